The van der Waals surface area contributed by atoms with Crippen LogP contribution in [0.1, 0.15) is 17.3 Å². The summed E-state index contributed by atoms with van der Waals surface area (Å²) in [6.45, 7) is 1.00. The van der Waals surface area contributed by atoms with Gasteiger partial charge in [0.2, 0.25) is 0 Å². The molecule has 10 heteroatoms. The van der Waals surface area contributed by atoms with Crippen molar-refractivity contribution < 1.29 is 29.0 Å². The molecule has 0 atom stereocenters. The minimum atomic E-state index is -1.08. The molecule has 2 rings (SSSR count). The molecule has 0 saturated heterocycles. The first-order chi connectivity index (χ1) is 11.5. The third-order valence-electron chi connectivity index (χ3n) is 2.82. The van der Waals surface area contributed by atoms with Crippen molar-refractivity contribution in [2.24, 2.45) is 0 Å². The summed E-state index contributed by atoms with van der Waals surface area (Å²) in [5.74, 6) is -2.14. The Morgan fingerprint density at radius 3 is 2.50 bits per heavy atom. The molecule has 1 aromatic carbocycles. The van der Waals surface area contributed by atoms with E-state index in [1.54, 1.807) is 19.1 Å². The molecule has 0 aliphatic rings. The predicted molar refractivity (Wildman–Crippen MR) is 77.8 cm³/mol. The molecule has 10 nitrogen and oxygen atoms in total. The van der Waals surface area contributed by atoms with E-state index in [1.807, 2.05) is 0 Å². The zero-order valence-corrected chi connectivity index (χ0v) is 12.7. The third kappa shape index (κ3) is 4.35. The van der Waals surface area contributed by atoms with E-state index in [9.17, 15) is 14.4 Å². The summed E-state index contributed by atoms with van der Waals surface area (Å²) in [4.78, 5) is 33.7. The van der Waals surface area contributed by atoms with Crippen molar-refractivity contribution in [3.8, 4) is 11.4 Å². The molecule has 1 heterocycles. The Morgan fingerprint density at radius 1 is 1.17 bits per heavy atom. The molecular formula is C14H14N4O6. The molecule has 0 amide bonds. The van der Waals surface area contributed by atoms with Crippen LogP contribution in [-0.2, 0) is 25.6 Å². The Morgan fingerprint density at radius 2 is 1.88 bits per heavy atom. The van der Waals surface area contributed by atoms with Gasteiger partial charge >= 0.3 is 17.9 Å². The Kier molecular flexibility index (Phi) is 5.55. The number of carboxylic acid groups (broad SMARTS) is 1. The molecule has 24 heavy (non-hydrogen) atoms. The average Bonchev–Trinajstić information content (AvgIpc) is 3.00. The van der Waals surface area contributed by atoms with Crippen molar-refractivity contribution in [2.45, 2.75) is 13.5 Å². The van der Waals surface area contributed by atoms with Gasteiger partial charge < -0.3 is 14.6 Å². The van der Waals surface area contributed by atoms with Crippen LogP contribution in [0.25, 0.3) is 11.4 Å². The van der Waals surface area contributed by atoms with E-state index < -0.39 is 24.5 Å². The maximum Gasteiger partial charge on any atom is 0.344 e. The van der Waals surface area contributed by atoms with Crippen LogP contribution in [0.2, 0.25) is 0 Å². The molecule has 0 radical (unpaired) electrons. The number of nitrogens with zero attached hydrogens (tertiary/aromatic N) is 4. The second kappa shape index (κ2) is 7.81. The highest BCUT2D eigenvalue weighted by atomic mass is 16.6. The van der Waals surface area contributed by atoms with E-state index in [-0.39, 0.29) is 24.5 Å². The van der Waals surface area contributed by atoms with Crippen molar-refractivity contribution in [1.82, 2.24) is 20.2 Å². The van der Waals surface area contributed by atoms with Gasteiger partial charge in [0.25, 0.3) is 0 Å². The van der Waals surface area contributed by atoms with Gasteiger partial charge in [-0.05, 0) is 29.5 Å². The first-order valence-electron chi connectivity index (χ1n) is 6.92. The fourth-order valence-electron chi connectivity index (χ4n) is 1.81. The zero-order valence-electron chi connectivity index (χ0n) is 12.7. The topological polar surface area (TPSA) is 134 Å². The lowest BCUT2D eigenvalue weighted by Crippen LogP contribution is -2.16. The number of carbonyl (C=O) groups excluding carboxylic acids is 2. The van der Waals surface area contributed by atoms with E-state index in [0.29, 0.717) is 5.56 Å². The highest BCUT2D eigenvalue weighted by Gasteiger charge is 2.14. The number of aliphatic carboxylic acids is 1. The third-order valence-corrected chi connectivity index (χ3v) is 2.82. The van der Waals surface area contributed by atoms with Crippen LogP contribution in [0.3, 0.4) is 0 Å². The molecule has 0 bridgehead atoms. The van der Waals surface area contributed by atoms with Gasteiger partial charge in [-0.2, -0.15) is 0 Å². The van der Waals surface area contributed by atoms with E-state index in [1.165, 1.54) is 12.1 Å². The minimum absolute atomic E-state index is 0.205. The quantitative estimate of drug-likeness (QED) is 0.702. The maximum absolute atomic E-state index is 11.8. The molecule has 0 spiro atoms. The van der Waals surface area contributed by atoms with Crippen molar-refractivity contribution in [2.75, 3.05) is 13.2 Å². The fourth-order valence-corrected chi connectivity index (χ4v) is 1.81. The maximum atomic E-state index is 11.8. The first-order valence-corrected chi connectivity index (χ1v) is 6.92. The second-order valence-electron chi connectivity index (χ2n) is 4.51. The number of carboxylic acids is 1. The van der Waals surface area contributed by atoms with E-state index >= 15 is 0 Å². The largest absolute Gasteiger partial charge is 0.480 e. The highest BCUT2D eigenvalue weighted by Crippen LogP contribution is 2.17. The fraction of sp³-hybridized carbons (Fsp3) is 0.286. The molecule has 0 aliphatic carbocycles. The van der Waals surface area contributed by atoms with Crippen molar-refractivity contribution in [1.29, 1.82) is 0 Å². The Labute approximate surface area is 136 Å². The molecule has 1 N–H and O–H groups in total. The number of aromatic nitrogens is 4. The van der Waals surface area contributed by atoms with Gasteiger partial charge in [0, 0.05) is 5.56 Å². The SMILES string of the molecule is CCOC(=O)COC(=O)c1ccc(-c2nnnn2CC(=O)O)cc1. The number of tetrazole rings is 1. The monoisotopic (exact) mass is 334 g/mol. The number of hydrogen-bond acceptors (Lipinski definition) is 8. The smallest absolute Gasteiger partial charge is 0.344 e. The Balaban J connectivity index is 2.05. The van der Waals surface area contributed by atoms with Crippen LogP contribution >= 0.6 is 0 Å². The summed E-state index contributed by atoms with van der Waals surface area (Å²) in [6, 6.07) is 6.02. The van der Waals surface area contributed by atoms with Gasteiger partial charge in [-0.1, -0.05) is 12.1 Å². The number of rotatable bonds is 7. The zero-order chi connectivity index (χ0) is 17.5. The van der Waals surface area contributed by atoms with Crippen LogP contribution < -0.4 is 0 Å². The Bertz CT molecular complexity index is 740. The van der Waals surface area contributed by atoms with Crippen LogP contribution in [-0.4, -0.2) is 56.4 Å². The molecule has 0 unspecified atom stereocenters. The number of carbonyl (C=O) groups is 3. The molecule has 0 saturated carbocycles. The van der Waals surface area contributed by atoms with E-state index in [0.717, 1.165) is 4.68 Å². The van der Waals surface area contributed by atoms with E-state index in [2.05, 4.69) is 20.3 Å². The summed E-state index contributed by atoms with van der Waals surface area (Å²) in [6.07, 6.45) is 0. The van der Waals surface area contributed by atoms with Crippen molar-refractivity contribution in [3.63, 3.8) is 0 Å². The summed E-state index contributed by atoms with van der Waals surface area (Å²) in [5.41, 5.74) is 0.753. The summed E-state index contributed by atoms with van der Waals surface area (Å²) in [5, 5.41) is 19.6. The predicted octanol–water partition coefficient (Wildman–Crippen LogP) is 0.145. The summed E-state index contributed by atoms with van der Waals surface area (Å²) < 4.78 is 10.6. The number of hydrogen-bond donors (Lipinski definition) is 1. The molecular weight excluding hydrogens is 320 g/mol. The molecule has 1 aromatic heterocycles. The highest BCUT2D eigenvalue weighted by molar-refractivity contribution is 5.91. The minimum Gasteiger partial charge on any atom is -0.480 e. The van der Waals surface area contributed by atoms with Gasteiger partial charge in [0.15, 0.2) is 12.4 Å². The molecule has 0 aliphatic heterocycles. The lowest BCUT2D eigenvalue weighted by atomic mass is 10.1. The standard InChI is InChI=1S/C14H14N4O6/c1-2-23-12(21)8-24-14(22)10-5-3-9(4-6-10)13-15-16-17-18(13)7-11(19)20/h3-6H,2,7-8H2,1H3,(H,19,20). The van der Waals surface area contributed by atoms with Crippen LogP contribution in [0, 0.1) is 0 Å². The van der Waals surface area contributed by atoms with E-state index in [4.69, 9.17) is 9.84 Å². The van der Waals surface area contributed by atoms with Crippen LogP contribution in [0.5, 0.6) is 0 Å². The van der Waals surface area contributed by atoms with Gasteiger partial charge in [0.1, 0.15) is 6.54 Å². The van der Waals surface area contributed by atoms with Crippen molar-refractivity contribution in [3.05, 3.63) is 29.8 Å². The first kappa shape index (κ1) is 17.1. The summed E-state index contributed by atoms with van der Waals surface area (Å²) >= 11 is 0. The molecule has 0 fully saturated rings. The van der Waals surface area contributed by atoms with Gasteiger partial charge in [-0.25, -0.2) is 14.3 Å². The van der Waals surface area contributed by atoms with Crippen LogP contribution in [0.4, 0.5) is 0 Å². The normalized spacial score (nSPS) is 10.2. The average molecular weight is 334 g/mol. The molecule has 2 aromatic rings. The van der Waals surface area contributed by atoms with Crippen LogP contribution in [0.15, 0.2) is 24.3 Å². The second-order valence-corrected chi connectivity index (χ2v) is 4.51. The number of ether oxygens (including phenoxy) is 2. The Hall–Kier alpha value is -3.30. The lowest BCUT2D eigenvalue weighted by molar-refractivity contribution is -0.146. The van der Waals surface area contributed by atoms with Crippen molar-refractivity contribution >= 4 is 17.9 Å². The number of esters is 2. The summed E-state index contributed by atoms with van der Waals surface area (Å²) in [7, 11) is 0. The lowest BCUT2D eigenvalue weighted by Gasteiger charge is -2.05. The van der Waals surface area contributed by atoms with Gasteiger partial charge in [-0.3, -0.25) is 4.79 Å². The number of benzene rings is 1. The molecule has 126 valence electrons. The van der Waals surface area contributed by atoms with Gasteiger partial charge in [0.05, 0.1) is 12.2 Å². The van der Waals surface area contributed by atoms with Gasteiger partial charge in [-0.15, -0.1) is 5.10 Å².